The highest BCUT2D eigenvalue weighted by molar-refractivity contribution is 6.44. The smallest absolute Gasteiger partial charge is 0.229 e. The number of para-hydroxylation sites is 1. The molecule has 0 fully saturated rings. The third kappa shape index (κ3) is 2.09. The molecular formula is C15H7Cl2FO2. The van der Waals surface area contributed by atoms with E-state index in [0.29, 0.717) is 5.39 Å². The number of furan rings is 1. The molecule has 0 bridgehead atoms. The van der Waals surface area contributed by atoms with Gasteiger partial charge in [0.15, 0.2) is 17.2 Å². The molecule has 3 rings (SSSR count). The third-order valence-corrected chi connectivity index (χ3v) is 3.73. The standard InChI is InChI=1S/C15H7Cl2FO2/c16-10-5-2-4-9(13(10)17)14(19)12-7-8-3-1-6-11(18)15(8)20-12/h1-7H. The SMILES string of the molecule is O=C(c1cc2cccc(F)c2o1)c1cccc(Cl)c1Cl. The number of benzene rings is 2. The Kier molecular flexibility index (Phi) is 3.24. The van der Waals surface area contributed by atoms with Crippen molar-refractivity contribution < 1.29 is 13.6 Å². The molecule has 2 aromatic carbocycles. The molecule has 0 N–H and O–H groups in total. The zero-order valence-electron chi connectivity index (χ0n) is 9.99. The van der Waals surface area contributed by atoms with Gasteiger partial charge in [0, 0.05) is 10.9 Å². The molecule has 1 heterocycles. The van der Waals surface area contributed by atoms with Crippen LogP contribution in [-0.4, -0.2) is 5.78 Å². The second-order valence-corrected chi connectivity index (χ2v) is 4.98. The quantitative estimate of drug-likeness (QED) is 0.616. The fraction of sp³-hybridized carbons (Fsp3) is 0. The van der Waals surface area contributed by atoms with Gasteiger partial charge in [-0.25, -0.2) is 4.39 Å². The van der Waals surface area contributed by atoms with Crippen molar-refractivity contribution in [1.29, 1.82) is 0 Å². The van der Waals surface area contributed by atoms with Gasteiger partial charge in [-0.1, -0.05) is 41.4 Å². The van der Waals surface area contributed by atoms with Gasteiger partial charge in [-0.3, -0.25) is 4.79 Å². The molecule has 0 atom stereocenters. The minimum atomic E-state index is -0.515. The molecule has 0 aliphatic carbocycles. The first-order chi connectivity index (χ1) is 9.58. The average molecular weight is 309 g/mol. The summed E-state index contributed by atoms with van der Waals surface area (Å²) in [6.45, 7) is 0. The summed E-state index contributed by atoms with van der Waals surface area (Å²) in [6.07, 6.45) is 0. The molecule has 0 spiro atoms. The first-order valence-electron chi connectivity index (χ1n) is 5.74. The number of hydrogen-bond acceptors (Lipinski definition) is 2. The lowest BCUT2D eigenvalue weighted by Gasteiger charge is -2.02. The number of ketones is 1. The number of carbonyl (C=O) groups is 1. The van der Waals surface area contributed by atoms with E-state index in [1.54, 1.807) is 30.3 Å². The number of fused-ring (bicyclic) bond motifs is 1. The lowest BCUT2D eigenvalue weighted by molar-refractivity contribution is 0.101. The molecule has 1 aromatic heterocycles. The Bertz CT molecular complexity index is 824. The molecule has 0 aliphatic heterocycles. The molecule has 0 amide bonds. The van der Waals surface area contributed by atoms with Crippen molar-refractivity contribution in [2.45, 2.75) is 0 Å². The van der Waals surface area contributed by atoms with Gasteiger partial charge in [0.2, 0.25) is 5.78 Å². The van der Waals surface area contributed by atoms with E-state index >= 15 is 0 Å². The van der Waals surface area contributed by atoms with Crippen molar-refractivity contribution in [2.75, 3.05) is 0 Å². The molecule has 20 heavy (non-hydrogen) atoms. The molecule has 100 valence electrons. The Hall–Kier alpha value is -1.84. The van der Waals surface area contributed by atoms with Crippen LogP contribution in [0.1, 0.15) is 16.1 Å². The first kappa shape index (κ1) is 13.2. The van der Waals surface area contributed by atoms with Gasteiger partial charge < -0.3 is 4.42 Å². The van der Waals surface area contributed by atoms with E-state index in [1.165, 1.54) is 12.1 Å². The zero-order chi connectivity index (χ0) is 14.3. The van der Waals surface area contributed by atoms with Crippen LogP contribution < -0.4 is 0 Å². The minimum Gasteiger partial charge on any atom is -0.449 e. The van der Waals surface area contributed by atoms with E-state index in [4.69, 9.17) is 27.6 Å². The van der Waals surface area contributed by atoms with E-state index in [0.717, 1.165) is 0 Å². The fourth-order valence-electron chi connectivity index (χ4n) is 1.95. The van der Waals surface area contributed by atoms with Gasteiger partial charge in [-0.15, -0.1) is 0 Å². The van der Waals surface area contributed by atoms with E-state index in [-0.39, 0.29) is 27.0 Å². The molecule has 0 unspecified atom stereocenters. The maximum absolute atomic E-state index is 13.6. The summed E-state index contributed by atoms with van der Waals surface area (Å²) in [7, 11) is 0. The summed E-state index contributed by atoms with van der Waals surface area (Å²) in [5, 5.41) is 0.950. The van der Waals surface area contributed by atoms with Crippen molar-refractivity contribution >= 4 is 40.0 Å². The Labute approximate surface area is 123 Å². The lowest BCUT2D eigenvalue weighted by Crippen LogP contribution is -2.00. The lowest BCUT2D eigenvalue weighted by atomic mass is 10.1. The summed E-state index contributed by atoms with van der Waals surface area (Å²) in [5.41, 5.74) is 0.271. The van der Waals surface area contributed by atoms with E-state index < -0.39 is 11.6 Å². The second kappa shape index (κ2) is 4.93. The molecule has 0 saturated heterocycles. The van der Waals surface area contributed by atoms with Crippen LogP contribution >= 0.6 is 23.2 Å². The predicted octanol–water partition coefficient (Wildman–Crippen LogP) is 5.11. The maximum atomic E-state index is 13.6. The van der Waals surface area contributed by atoms with Crippen LogP contribution in [0, 0.1) is 5.82 Å². The molecule has 3 aromatic rings. The fourth-order valence-corrected chi connectivity index (χ4v) is 2.34. The highest BCUT2D eigenvalue weighted by Gasteiger charge is 2.19. The number of halogens is 3. The summed E-state index contributed by atoms with van der Waals surface area (Å²) >= 11 is 11.9. The van der Waals surface area contributed by atoms with Crippen molar-refractivity contribution in [3.63, 3.8) is 0 Å². The first-order valence-corrected chi connectivity index (χ1v) is 6.50. The average Bonchev–Trinajstić information content (AvgIpc) is 2.87. The highest BCUT2D eigenvalue weighted by Crippen LogP contribution is 2.29. The van der Waals surface area contributed by atoms with Crippen molar-refractivity contribution in [3.05, 3.63) is 69.7 Å². The molecule has 0 radical (unpaired) electrons. The second-order valence-electron chi connectivity index (χ2n) is 4.20. The van der Waals surface area contributed by atoms with Crippen LogP contribution in [-0.2, 0) is 0 Å². The summed E-state index contributed by atoms with van der Waals surface area (Å²) in [6, 6.07) is 10.7. The predicted molar refractivity (Wildman–Crippen MR) is 76.1 cm³/mol. The summed E-state index contributed by atoms with van der Waals surface area (Å²) < 4.78 is 18.8. The van der Waals surface area contributed by atoms with Crippen LogP contribution in [0.2, 0.25) is 10.0 Å². The number of hydrogen-bond donors (Lipinski definition) is 0. The molecule has 0 saturated carbocycles. The van der Waals surface area contributed by atoms with Gasteiger partial charge in [-0.2, -0.15) is 0 Å². The Morgan fingerprint density at radius 3 is 2.60 bits per heavy atom. The van der Waals surface area contributed by atoms with Gasteiger partial charge in [0.25, 0.3) is 0 Å². The van der Waals surface area contributed by atoms with Crippen LogP contribution in [0.5, 0.6) is 0 Å². The van der Waals surface area contributed by atoms with Crippen LogP contribution in [0.25, 0.3) is 11.0 Å². The minimum absolute atomic E-state index is 0.0225. The van der Waals surface area contributed by atoms with Crippen LogP contribution in [0.4, 0.5) is 4.39 Å². The Balaban J connectivity index is 2.13. The molecular weight excluding hydrogens is 302 g/mol. The monoisotopic (exact) mass is 308 g/mol. The number of rotatable bonds is 2. The largest absolute Gasteiger partial charge is 0.449 e. The molecule has 0 aliphatic rings. The Morgan fingerprint density at radius 2 is 1.85 bits per heavy atom. The van der Waals surface area contributed by atoms with Gasteiger partial charge in [0.1, 0.15) is 0 Å². The summed E-state index contributed by atoms with van der Waals surface area (Å²) in [5.74, 6) is -0.930. The zero-order valence-corrected chi connectivity index (χ0v) is 11.5. The van der Waals surface area contributed by atoms with Gasteiger partial charge >= 0.3 is 0 Å². The van der Waals surface area contributed by atoms with E-state index in [9.17, 15) is 9.18 Å². The van der Waals surface area contributed by atoms with Crippen molar-refractivity contribution in [3.8, 4) is 0 Å². The summed E-state index contributed by atoms with van der Waals surface area (Å²) in [4.78, 5) is 12.3. The topological polar surface area (TPSA) is 30.2 Å². The van der Waals surface area contributed by atoms with Gasteiger partial charge in [-0.05, 0) is 24.3 Å². The molecule has 2 nitrogen and oxygen atoms in total. The third-order valence-electron chi connectivity index (χ3n) is 2.92. The highest BCUT2D eigenvalue weighted by atomic mass is 35.5. The van der Waals surface area contributed by atoms with Crippen LogP contribution in [0.15, 0.2) is 46.9 Å². The van der Waals surface area contributed by atoms with Crippen molar-refractivity contribution in [1.82, 2.24) is 0 Å². The normalized spacial score (nSPS) is 10.9. The van der Waals surface area contributed by atoms with Crippen LogP contribution in [0.3, 0.4) is 0 Å². The van der Waals surface area contributed by atoms with E-state index in [1.807, 2.05) is 0 Å². The molecule has 5 heteroatoms. The maximum Gasteiger partial charge on any atom is 0.229 e. The van der Waals surface area contributed by atoms with E-state index in [2.05, 4.69) is 0 Å². The van der Waals surface area contributed by atoms with Gasteiger partial charge in [0.05, 0.1) is 10.0 Å². The van der Waals surface area contributed by atoms with Crippen molar-refractivity contribution in [2.24, 2.45) is 0 Å². The Morgan fingerprint density at radius 1 is 1.10 bits per heavy atom. The number of carbonyl (C=O) groups excluding carboxylic acids is 1.